The van der Waals surface area contributed by atoms with Crippen molar-refractivity contribution in [2.75, 3.05) is 0 Å². The Hall–Kier alpha value is -0.270. The molecule has 0 saturated heterocycles. The number of halogens is 2. The Bertz CT molecular complexity index is 302. The molecule has 72 valence electrons. The number of hydrogen-bond donors (Lipinski definition) is 0. The fraction of sp³-hybridized carbons (Fsp3) is 0.500. The van der Waals surface area contributed by atoms with Gasteiger partial charge in [0.1, 0.15) is 4.84 Å². The number of carbonyl (C=O) groups excluding carboxylic acids is 1. The van der Waals surface area contributed by atoms with Crippen LogP contribution in [-0.4, -0.2) is 10.6 Å². The van der Waals surface area contributed by atoms with Gasteiger partial charge < -0.3 is 0 Å². The van der Waals surface area contributed by atoms with Crippen LogP contribution in [0.15, 0.2) is 23.3 Å². The number of allylic oxidation sites excluding steroid dienone is 4. The molecule has 3 heteroatoms. The summed E-state index contributed by atoms with van der Waals surface area (Å²) in [5.74, 6) is 0.00750. The van der Waals surface area contributed by atoms with Crippen LogP contribution in [0.2, 0.25) is 0 Å². The van der Waals surface area contributed by atoms with E-state index in [1.165, 1.54) is 0 Å². The van der Waals surface area contributed by atoms with Gasteiger partial charge >= 0.3 is 0 Å². The predicted molar refractivity (Wildman–Crippen MR) is 56.1 cm³/mol. The van der Waals surface area contributed by atoms with Gasteiger partial charge in [0, 0.05) is 0 Å². The first-order valence-electron chi connectivity index (χ1n) is 4.08. The van der Waals surface area contributed by atoms with Gasteiger partial charge in [0.2, 0.25) is 0 Å². The number of hydrogen-bond acceptors (Lipinski definition) is 1. The van der Waals surface area contributed by atoms with E-state index >= 15 is 0 Å². The first kappa shape index (κ1) is 10.8. The van der Waals surface area contributed by atoms with Crippen LogP contribution in [0.1, 0.15) is 20.8 Å². The summed E-state index contributed by atoms with van der Waals surface area (Å²) >= 11 is 11.6. The summed E-state index contributed by atoms with van der Waals surface area (Å²) in [7, 11) is 0. The van der Waals surface area contributed by atoms with E-state index in [4.69, 9.17) is 23.2 Å². The zero-order valence-electron chi connectivity index (χ0n) is 7.90. The normalized spacial score (nSPS) is 28.9. The lowest BCUT2D eigenvalue weighted by atomic mass is 9.78. The zero-order chi connectivity index (χ0) is 10.2. The second-order valence-corrected chi connectivity index (χ2v) is 4.72. The Kier molecular flexibility index (Phi) is 2.88. The summed E-state index contributed by atoms with van der Waals surface area (Å²) in [5.41, 5.74) is 0.992. The molecule has 0 spiro atoms. The highest BCUT2D eigenvalue weighted by atomic mass is 35.5. The highest BCUT2D eigenvalue weighted by Crippen LogP contribution is 2.38. The molecule has 0 saturated carbocycles. The van der Waals surface area contributed by atoms with E-state index in [1.807, 2.05) is 19.1 Å². The Labute approximate surface area is 88.4 Å². The molecule has 0 aromatic heterocycles. The lowest BCUT2D eigenvalue weighted by molar-refractivity contribution is -0.121. The van der Waals surface area contributed by atoms with E-state index in [0.717, 1.165) is 5.57 Å². The topological polar surface area (TPSA) is 17.1 Å². The van der Waals surface area contributed by atoms with Crippen molar-refractivity contribution < 1.29 is 4.79 Å². The van der Waals surface area contributed by atoms with Crippen LogP contribution in [0.25, 0.3) is 0 Å². The minimum Gasteiger partial charge on any atom is -0.293 e. The molecule has 0 aromatic carbocycles. The Morgan fingerprint density at radius 3 is 2.38 bits per heavy atom. The van der Waals surface area contributed by atoms with Gasteiger partial charge in [-0.25, -0.2) is 0 Å². The maximum atomic E-state index is 11.8. The van der Waals surface area contributed by atoms with E-state index in [-0.39, 0.29) is 5.78 Å². The third kappa shape index (κ3) is 1.82. The van der Waals surface area contributed by atoms with Crippen molar-refractivity contribution >= 4 is 29.0 Å². The van der Waals surface area contributed by atoms with E-state index in [0.29, 0.717) is 5.57 Å². The molecule has 0 N–H and O–H groups in total. The fourth-order valence-electron chi connectivity index (χ4n) is 1.57. The van der Waals surface area contributed by atoms with Crippen LogP contribution in [0.5, 0.6) is 0 Å². The third-order valence-electron chi connectivity index (χ3n) is 2.27. The summed E-state index contributed by atoms with van der Waals surface area (Å²) in [4.78, 5) is 11.1. The second-order valence-electron chi connectivity index (χ2n) is 3.63. The van der Waals surface area contributed by atoms with Crippen molar-refractivity contribution in [2.45, 2.75) is 25.6 Å². The van der Waals surface area contributed by atoms with Crippen molar-refractivity contribution in [1.82, 2.24) is 0 Å². The molecule has 1 atom stereocenters. The van der Waals surface area contributed by atoms with Crippen molar-refractivity contribution in [3.63, 3.8) is 0 Å². The van der Waals surface area contributed by atoms with Crippen LogP contribution in [-0.2, 0) is 4.79 Å². The van der Waals surface area contributed by atoms with Crippen molar-refractivity contribution in [1.29, 1.82) is 0 Å². The molecule has 13 heavy (non-hydrogen) atoms. The predicted octanol–water partition coefficient (Wildman–Crippen LogP) is 3.27. The summed E-state index contributed by atoms with van der Waals surface area (Å²) in [6.45, 7) is 5.48. The molecule has 1 unspecified atom stereocenters. The lowest BCUT2D eigenvalue weighted by Gasteiger charge is -2.29. The van der Waals surface area contributed by atoms with E-state index in [1.54, 1.807) is 13.8 Å². The molecule has 0 heterocycles. The number of ketones is 1. The minimum atomic E-state index is -0.758. The highest BCUT2D eigenvalue weighted by molar-refractivity contribution is 6.46. The van der Waals surface area contributed by atoms with E-state index in [2.05, 4.69) is 0 Å². The van der Waals surface area contributed by atoms with E-state index in [9.17, 15) is 4.79 Å². The molecule has 1 rings (SSSR count). The molecule has 1 nitrogen and oxygen atoms in total. The highest BCUT2D eigenvalue weighted by Gasteiger charge is 2.39. The molecule has 0 radical (unpaired) electrons. The standard InChI is InChI=1S/C10H12Cl2O/c1-6-4-7(2)8(13)10(3,5-6)9(11)12/h4-5,9H,1-3H3. The quantitative estimate of drug-likeness (QED) is 0.618. The van der Waals surface area contributed by atoms with Crippen LogP contribution in [0.3, 0.4) is 0 Å². The summed E-state index contributed by atoms with van der Waals surface area (Å²) in [6, 6.07) is 0. The molecule has 0 fully saturated rings. The van der Waals surface area contributed by atoms with Gasteiger partial charge in [0.15, 0.2) is 5.78 Å². The van der Waals surface area contributed by atoms with Gasteiger partial charge in [-0.1, -0.05) is 17.7 Å². The minimum absolute atomic E-state index is 0.00750. The molecular weight excluding hydrogens is 207 g/mol. The first-order chi connectivity index (χ1) is 5.88. The maximum absolute atomic E-state index is 11.8. The summed E-state index contributed by atoms with van der Waals surface area (Å²) in [5, 5.41) is 0. The monoisotopic (exact) mass is 218 g/mol. The Morgan fingerprint density at radius 1 is 1.38 bits per heavy atom. The zero-order valence-corrected chi connectivity index (χ0v) is 9.41. The molecule has 0 aliphatic heterocycles. The van der Waals surface area contributed by atoms with E-state index < -0.39 is 10.3 Å². The van der Waals surface area contributed by atoms with Gasteiger partial charge in [-0.15, -0.1) is 23.2 Å². The Balaban J connectivity index is 3.16. The van der Waals surface area contributed by atoms with Crippen molar-refractivity contribution in [3.8, 4) is 0 Å². The van der Waals surface area contributed by atoms with Gasteiger partial charge in [-0.05, 0) is 26.3 Å². The lowest BCUT2D eigenvalue weighted by Crippen LogP contribution is -2.34. The molecular formula is C10H12Cl2O. The molecule has 0 aromatic rings. The summed E-state index contributed by atoms with van der Waals surface area (Å²) < 4.78 is 0. The number of Topliss-reactive ketones (excluding diaryl/α,β-unsaturated/α-hetero) is 1. The van der Waals surface area contributed by atoms with Crippen molar-refractivity contribution in [3.05, 3.63) is 23.3 Å². The average Bonchev–Trinajstić information content (AvgIpc) is 1.99. The number of alkyl halides is 2. The van der Waals surface area contributed by atoms with Crippen LogP contribution >= 0.6 is 23.2 Å². The van der Waals surface area contributed by atoms with Crippen LogP contribution in [0.4, 0.5) is 0 Å². The summed E-state index contributed by atoms with van der Waals surface area (Å²) in [6.07, 6.45) is 3.67. The largest absolute Gasteiger partial charge is 0.293 e. The second kappa shape index (κ2) is 3.47. The van der Waals surface area contributed by atoms with Crippen molar-refractivity contribution in [2.24, 2.45) is 5.41 Å². The molecule has 1 aliphatic rings. The van der Waals surface area contributed by atoms with Crippen LogP contribution < -0.4 is 0 Å². The molecule has 1 aliphatic carbocycles. The maximum Gasteiger partial charge on any atom is 0.170 e. The smallest absolute Gasteiger partial charge is 0.170 e. The number of rotatable bonds is 1. The van der Waals surface area contributed by atoms with Gasteiger partial charge in [-0.2, -0.15) is 0 Å². The average molecular weight is 219 g/mol. The molecule has 0 amide bonds. The Morgan fingerprint density at radius 2 is 1.92 bits per heavy atom. The van der Waals surface area contributed by atoms with Gasteiger partial charge in [0.25, 0.3) is 0 Å². The van der Waals surface area contributed by atoms with Gasteiger partial charge in [0.05, 0.1) is 5.41 Å². The number of carbonyl (C=O) groups is 1. The SMILES string of the molecule is CC1=CC(C)(C(Cl)Cl)C(=O)C(C)=C1. The molecule has 0 bridgehead atoms. The third-order valence-corrected chi connectivity index (χ3v) is 3.18. The first-order valence-corrected chi connectivity index (χ1v) is 4.96. The fourth-order valence-corrected chi connectivity index (χ4v) is 1.90. The van der Waals surface area contributed by atoms with Crippen LogP contribution in [0, 0.1) is 5.41 Å². The van der Waals surface area contributed by atoms with Gasteiger partial charge in [-0.3, -0.25) is 4.79 Å².